The summed E-state index contributed by atoms with van der Waals surface area (Å²) in [4.78, 5) is 11.6. The topological polar surface area (TPSA) is 50.4 Å². The Hall–Kier alpha value is -1.81. The molecule has 0 atom stereocenters. The van der Waals surface area contributed by atoms with Gasteiger partial charge in [0.25, 0.3) is 0 Å². The van der Waals surface area contributed by atoms with Crippen molar-refractivity contribution in [1.82, 2.24) is 5.32 Å². The van der Waals surface area contributed by atoms with Crippen LogP contribution in [0.2, 0.25) is 0 Å². The molecule has 1 rings (SSSR count). The Kier molecular flexibility index (Phi) is 7.43. The third kappa shape index (κ3) is 6.95. The molecule has 0 bridgehead atoms. The smallest absolute Gasteiger partial charge is 0.238 e. The van der Waals surface area contributed by atoms with Gasteiger partial charge in [0.1, 0.15) is 5.75 Å². The van der Waals surface area contributed by atoms with Crippen molar-refractivity contribution in [2.75, 3.05) is 25.0 Å². The number of benzene rings is 1. The average Bonchev–Trinajstić information content (AvgIpc) is 2.41. The summed E-state index contributed by atoms with van der Waals surface area (Å²) in [6.45, 7) is 9.53. The van der Waals surface area contributed by atoms with Gasteiger partial charge in [0.15, 0.2) is 0 Å². The summed E-state index contributed by atoms with van der Waals surface area (Å²) >= 11 is 0. The van der Waals surface area contributed by atoms with E-state index in [1.807, 2.05) is 24.3 Å². The molecule has 0 aliphatic carbocycles. The Labute approximate surface area is 121 Å². The number of hydrogen-bond donors (Lipinski definition) is 2. The molecule has 20 heavy (non-hydrogen) atoms. The molecule has 0 saturated heterocycles. The Morgan fingerprint density at radius 2 is 2.05 bits per heavy atom. The van der Waals surface area contributed by atoms with Crippen LogP contribution < -0.4 is 15.4 Å². The third-order valence-electron chi connectivity index (χ3n) is 2.68. The van der Waals surface area contributed by atoms with Gasteiger partial charge in [-0.25, -0.2) is 0 Å². The Bertz CT molecular complexity index is 413. The van der Waals surface area contributed by atoms with Gasteiger partial charge in [-0.1, -0.05) is 19.9 Å². The fraction of sp³-hybridized carbons (Fsp3) is 0.438. The van der Waals surface area contributed by atoms with E-state index in [0.29, 0.717) is 12.5 Å². The van der Waals surface area contributed by atoms with Gasteiger partial charge in [0, 0.05) is 12.2 Å². The molecule has 1 aromatic carbocycles. The zero-order valence-corrected chi connectivity index (χ0v) is 12.3. The van der Waals surface area contributed by atoms with Crippen LogP contribution >= 0.6 is 0 Å². The Balaban J connectivity index is 2.34. The van der Waals surface area contributed by atoms with Gasteiger partial charge in [0.2, 0.25) is 5.91 Å². The van der Waals surface area contributed by atoms with Gasteiger partial charge in [0.05, 0.1) is 13.2 Å². The van der Waals surface area contributed by atoms with Crippen LogP contribution in [0.5, 0.6) is 5.75 Å². The van der Waals surface area contributed by atoms with E-state index < -0.39 is 0 Å². The molecular weight excluding hydrogens is 252 g/mol. The van der Waals surface area contributed by atoms with Crippen LogP contribution in [0.3, 0.4) is 0 Å². The van der Waals surface area contributed by atoms with E-state index in [9.17, 15) is 4.79 Å². The van der Waals surface area contributed by atoms with Crippen LogP contribution in [0, 0.1) is 5.92 Å². The van der Waals surface area contributed by atoms with Crippen molar-refractivity contribution in [3.8, 4) is 5.75 Å². The molecule has 0 saturated carbocycles. The maximum Gasteiger partial charge on any atom is 0.238 e. The van der Waals surface area contributed by atoms with Gasteiger partial charge in [-0.2, -0.15) is 0 Å². The molecule has 4 nitrogen and oxygen atoms in total. The van der Waals surface area contributed by atoms with Gasteiger partial charge in [-0.05, 0) is 36.6 Å². The molecule has 0 aromatic heterocycles. The molecule has 0 unspecified atom stereocenters. The van der Waals surface area contributed by atoms with E-state index in [1.54, 1.807) is 6.08 Å². The van der Waals surface area contributed by atoms with Crippen LogP contribution in [0.4, 0.5) is 5.69 Å². The number of anilines is 1. The van der Waals surface area contributed by atoms with Crippen LogP contribution in [0.15, 0.2) is 36.9 Å². The van der Waals surface area contributed by atoms with Gasteiger partial charge in [-0.3, -0.25) is 4.79 Å². The normalized spacial score (nSPS) is 10.3. The molecule has 4 heteroatoms. The molecule has 110 valence electrons. The summed E-state index contributed by atoms with van der Waals surface area (Å²) < 4.78 is 5.62. The Morgan fingerprint density at radius 1 is 1.35 bits per heavy atom. The summed E-state index contributed by atoms with van der Waals surface area (Å²) in [6, 6.07) is 7.42. The molecule has 0 fully saturated rings. The van der Waals surface area contributed by atoms with E-state index in [2.05, 4.69) is 31.1 Å². The predicted octanol–water partition coefficient (Wildman–Crippen LogP) is 2.83. The predicted molar refractivity (Wildman–Crippen MR) is 83.1 cm³/mol. The van der Waals surface area contributed by atoms with Crippen molar-refractivity contribution in [2.45, 2.75) is 20.3 Å². The van der Waals surface area contributed by atoms with E-state index in [1.165, 1.54) is 0 Å². The highest BCUT2D eigenvalue weighted by Crippen LogP contribution is 2.16. The second-order valence-corrected chi connectivity index (χ2v) is 5.02. The first kappa shape index (κ1) is 16.2. The van der Waals surface area contributed by atoms with E-state index >= 15 is 0 Å². The lowest BCUT2D eigenvalue weighted by Gasteiger charge is -2.09. The standard InChI is InChI=1S/C16H24N2O2/c1-4-10-17-12-16(19)18-14-5-7-15(8-6-14)20-11-9-13(2)3/h4-8,13,17H,1,9-12H2,2-3H3,(H,18,19). The van der Waals surface area contributed by atoms with Gasteiger partial charge >= 0.3 is 0 Å². The average molecular weight is 276 g/mol. The van der Waals surface area contributed by atoms with Gasteiger partial charge < -0.3 is 15.4 Å². The lowest BCUT2D eigenvalue weighted by atomic mass is 10.1. The van der Waals surface area contributed by atoms with Crippen molar-refractivity contribution in [3.05, 3.63) is 36.9 Å². The largest absolute Gasteiger partial charge is 0.494 e. The van der Waals surface area contributed by atoms with E-state index in [4.69, 9.17) is 4.74 Å². The zero-order valence-electron chi connectivity index (χ0n) is 12.3. The minimum atomic E-state index is -0.0691. The highest BCUT2D eigenvalue weighted by atomic mass is 16.5. The fourth-order valence-electron chi connectivity index (χ4n) is 1.54. The summed E-state index contributed by atoms with van der Waals surface area (Å²) in [5, 5.41) is 5.76. The first-order valence-corrected chi connectivity index (χ1v) is 6.96. The summed E-state index contributed by atoms with van der Waals surface area (Å²) in [6.07, 6.45) is 2.75. The van der Waals surface area contributed by atoms with Crippen LogP contribution in [-0.4, -0.2) is 25.6 Å². The van der Waals surface area contributed by atoms with E-state index in [0.717, 1.165) is 24.5 Å². The van der Waals surface area contributed by atoms with E-state index in [-0.39, 0.29) is 12.5 Å². The van der Waals surface area contributed by atoms with Crippen molar-refractivity contribution in [1.29, 1.82) is 0 Å². The molecule has 0 heterocycles. The van der Waals surface area contributed by atoms with Crippen LogP contribution in [-0.2, 0) is 4.79 Å². The second kappa shape index (κ2) is 9.15. The second-order valence-electron chi connectivity index (χ2n) is 5.02. The highest BCUT2D eigenvalue weighted by molar-refractivity contribution is 5.92. The minimum Gasteiger partial charge on any atom is -0.494 e. The summed E-state index contributed by atoms with van der Waals surface area (Å²) in [7, 11) is 0. The molecule has 1 amide bonds. The number of carbonyl (C=O) groups is 1. The number of nitrogens with one attached hydrogen (secondary N) is 2. The summed E-state index contributed by atoms with van der Waals surface area (Å²) in [5.41, 5.74) is 0.770. The third-order valence-corrected chi connectivity index (χ3v) is 2.68. The lowest BCUT2D eigenvalue weighted by Crippen LogP contribution is -2.28. The molecule has 2 N–H and O–H groups in total. The first-order valence-electron chi connectivity index (χ1n) is 6.96. The molecular formula is C16H24N2O2. The van der Waals surface area contributed by atoms with Crippen molar-refractivity contribution in [2.24, 2.45) is 5.92 Å². The number of amides is 1. The first-order chi connectivity index (χ1) is 9.61. The molecule has 0 spiro atoms. The Morgan fingerprint density at radius 3 is 2.65 bits per heavy atom. The maximum absolute atomic E-state index is 11.6. The fourth-order valence-corrected chi connectivity index (χ4v) is 1.54. The highest BCUT2D eigenvalue weighted by Gasteiger charge is 2.02. The van der Waals surface area contributed by atoms with Crippen LogP contribution in [0.25, 0.3) is 0 Å². The number of hydrogen-bond acceptors (Lipinski definition) is 3. The molecule has 0 aliphatic heterocycles. The quantitative estimate of drug-likeness (QED) is 0.538. The lowest BCUT2D eigenvalue weighted by molar-refractivity contribution is -0.115. The number of ether oxygens (including phenoxy) is 1. The minimum absolute atomic E-state index is 0.0691. The zero-order chi connectivity index (χ0) is 14.8. The van der Waals surface area contributed by atoms with Crippen molar-refractivity contribution in [3.63, 3.8) is 0 Å². The summed E-state index contributed by atoms with van der Waals surface area (Å²) in [5.74, 6) is 1.39. The van der Waals surface area contributed by atoms with Gasteiger partial charge in [-0.15, -0.1) is 6.58 Å². The SMILES string of the molecule is C=CCNCC(=O)Nc1ccc(OCCC(C)C)cc1. The van der Waals surface area contributed by atoms with Crippen molar-refractivity contribution < 1.29 is 9.53 Å². The monoisotopic (exact) mass is 276 g/mol. The number of carbonyl (C=O) groups excluding carboxylic acids is 1. The molecule has 0 radical (unpaired) electrons. The molecule has 1 aromatic rings. The number of rotatable bonds is 9. The molecule has 0 aliphatic rings. The van der Waals surface area contributed by atoms with Crippen molar-refractivity contribution >= 4 is 11.6 Å². The van der Waals surface area contributed by atoms with Crippen LogP contribution in [0.1, 0.15) is 20.3 Å². The maximum atomic E-state index is 11.6.